The third kappa shape index (κ3) is 4.62. The van der Waals surface area contributed by atoms with Gasteiger partial charge in [-0.05, 0) is 43.4 Å². The van der Waals surface area contributed by atoms with Gasteiger partial charge in [0.05, 0.1) is 11.2 Å². The van der Waals surface area contributed by atoms with Crippen molar-refractivity contribution in [3.05, 3.63) is 35.4 Å². The fraction of sp³-hybridized carbons (Fsp3) is 0.533. The zero-order chi connectivity index (χ0) is 16.2. The number of rotatable bonds is 5. The topological polar surface area (TPSA) is 61.4 Å². The highest BCUT2D eigenvalue weighted by Gasteiger charge is 2.33. The average Bonchev–Trinajstić information content (AvgIpc) is 2.43. The number of aliphatic hydroxyl groups is 1. The van der Waals surface area contributed by atoms with E-state index in [1.807, 2.05) is 0 Å². The maximum atomic E-state index is 12.6. The van der Waals surface area contributed by atoms with Gasteiger partial charge in [-0.2, -0.15) is 13.2 Å². The largest absolute Gasteiger partial charge is 0.416 e. The monoisotopic (exact) mass is 316 g/mol. The predicted molar refractivity (Wildman–Crippen MR) is 75.1 cm³/mol. The molecule has 1 aliphatic carbocycles. The molecule has 0 spiro atoms. The molecule has 0 unspecified atom stereocenters. The van der Waals surface area contributed by atoms with Gasteiger partial charge >= 0.3 is 12.2 Å². The summed E-state index contributed by atoms with van der Waals surface area (Å²) in [6.45, 7) is 0.352. The highest BCUT2D eigenvalue weighted by molar-refractivity contribution is 5.73. The predicted octanol–water partition coefficient (Wildman–Crippen LogP) is 2.81. The van der Waals surface area contributed by atoms with E-state index in [4.69, 9.17) is 0 Å². The Balaban J connectivity index is 1.74. The molecule has 7 heteroatoms. The Kier molecular flexibility index (Phi) is 4.95. The first kappa shape index (κ1) is 16.6. The van der Waals surface area contributed by atoms with Crippen LogP contribution in [-0.4, -0.2) is 23.3 Å². The average molecular weight is 316 g/mol. The summed E-state index contributed by atoms with van der Waals surface area (Å²) < 4.78 is 37.7. The molecule has 0 radical (unpaired) electrons. The number of carbonyl (C=O) groups excluding carboxylic acids is 1. The highest BCUT2D eigenvalue weighted by atomic mass is 19.4. The molecule has 3 N–H and O–H groups in total. The Labute approximate surface area is 126 Å². The molecule has 1 aromatic rings. The number of halogens is 3. The second-order valence-electron chi connectivity index (χ2n) is 5.64. The second-order valence-corrected chi connectivity index (χ2v) is 5.64. The first-order valence-corrected chi connectivity index (χ1v) is 7.19. The molecule has 1 fully saturated rings. The van der Waals surface area contributed by atoms with Crippen molar-refractivity contribution in [2.75, 3.05) is 6.54 Å². The molecule has 0 bridgehead atoms. The zero-order valence-corrected chi connectivity index (χ0v) is 12.0. The minimum atomic E-state index is -4.39. The van der Waals surface area contributed by atoms with Crippen LogP contribution >= 0.6 is 0 Å². The van der Waals surface area contributed by atoms with Crippen LogP contribution < -0.4 is 10.6 Å². The minimum Gasteiger partial charge on any atom is -0.390 e. The van der Waals surface area contributed by atoms with Gasteiger partial charge in [0.15, 0.2) is 0 Å². The number of carbonyl (C=O) groups is 1. The van der Waals surface area contributed by atoms with Crippen LogP contribution in [0.2, 0.25) is 0 Å². The molecule has 122 valence electrons. The highest BCUT2D eigenvalue weighted by Crippen LogP contribution is 2.34. The van der Waals surface area contributed by atoms with E-state index >= 15 is 0 Å². The van der Waals surface area contributed by atoms with Crippen molar-refractivity contribution in [1.29, 1.82) is 0 Å². The summed E-state index contributed by atoms with van der Waals surface area (Å²) in [5, 5.41) is 15.0. The molecule has 0 heterocycles. The van der Waals surface area contributed by atoms with Gasteiger partial charge in [-0.25, -0.2) is 4.79 Å². The lowest BCUT2D eigenvalue weighted by molar-refractivity contribution is -0.137. The van der Waals surface area contributed by atoms with E-state index in [0.717, 1.165) is 31.4 Å². The number of alkyl halides is 3. The van der Waals surface area contributed by atoms with Crippen molar-refractivity contribution in [1.82, 2.24) is 10.6 Å². The van der Waals surface area contributed by atoms with Crippen LogP contribution in [0.4, 0.5) is 18.0 Å². The molecule has 22 heavy (non-hydrogen) atoms. The lowest BCUT2D eigenvalue weighted by Crippen LogP contribution is -2.42. The molecule has 1 aromatic carbocycles. The summed E-state index contributed by atoms with van der Waals surface area (Å²) in [7, 11) is 0. The summed E-state index contributed by atoms with van der Waals surface area (Å²) >= 11 is 0. The summed E-state index contributed by atoms with van der Waals surface area (Å²) in [5.74, 6) is 0. The van der Waals surface area contributed by atoms with Gasteiger partial charge in [-0.3, -0.25) is 0 Å². The van der Waals surface area contributed by atoms with Gasteiger partial charge in [-0.15, -0.1) is 0 Å². The number of benzene rings is 1. The van der Waals surface area contributed by atoms with E-state index in [1.54, 1.807) is 0 Å². The van der Waals surface area contributed by atoms with Crippen molar-refractivity contribution in [2.45, 2.75) is 44.0 Å². The maximum Gasteiger partial charge on any atom is 0.416 e. The molecule has 0 saturated heterocycles. The van der Waals surface area contributed by atoms with Gasteiger partial charge < -0.3 is 15.7 Å². The van der Waals surface area contributed by atoms with Crippen molar-refractivity contribution < 1.29 is 23.1 Å². The Hall–Kier alpha value is -1.76. The Morgan fingerprint density at radius 2 is 2.00 bits per heavy atom. The van der Waals surface area contributed by atoms with Gasteiger partial charge in [0.2, 0.25) is 0 Å². The minimum absolute atomic E-state index is 0.0139. The van der Waals surface area contributed by atoms with Crippen molar-refractivity contribution >= 4 is 6.03 Å². The third-order valence-electron chi connectivity index (χ3n) is 3.87. The van der Waals surface area contributed by atoms with E-state index in [1.165, 1.54) is 12.1 Å². The van der Waals surface area contributed by atoms with Crippen LogP contribution in [0.5, 0.6) is 0 Å². The molecule has 2 amide bonds. The number of hydrogen-bond acceptors (Lipinski definition) is 2. The zero-order valence-electron chi connectivity index (χ0n) is 12.0. The fourth-order valence-corrected chi connectivity index (χ4v) is 2.35. The van der Waals surface area contributed by atoms with Crippen LogP contribution in [0, 0.1) is 0 Å². The molecule has 0 atom stereocenters. The lowest BCUT2D eigenvalue weighted by atomic mass is 9.78. The van der Waals surface area contributed by atoms with Crippen LogP contribution in [0.1, 0.15) is 36.8 Å². The third-order valence-corrected chi connectivity index (χ3v) is 3.87. The Morgan fingerprint density at radius 1 is 1.27 bits per heavy atom. The molecule has 1 saturated carbocycles. The van der Waals surface area contributed by atoms with E-state index in [9.17, 15) is 23.1 Å². The number of hydrogen-bond donors (Lipinski definition) is 3. The van der Waals surface area contributed by atoms with Crippen LogP contribution in [-0.2, 0) is 12.7 Å². The first-order valence-electron chi connectivity index (χ1n) is 7.19. The molecular weight excluding hydrogens is 297 g/mol. The summed E-state index contributed by atoms with van der Waals surface area (Å²) in [5.41, 5.74) is -1.02. The smallest absolute Gasteiger partial charge is 0.390 e. The van der Waals surface area contributed by atoms with Crippen LogP contribution in [0.3, 0.4) is 0 Å². The van der Waals surface area contributed by atoms with E-state index in [0.29, 0.717) is 18.5 Å². The normalized spacial score (nSPS) is 16.7. The summed E-state index contributed by atoms with van der Waals surface area (Å²) in [6.07, 6.45) is -1.40. The van der Waals surface area contributed by atoms with Crippen LogP contribution in [0.15, 0.2) is 24.3 Å². The van der Waals surface area contributed by atoms with Crippen molar-refractivity contribution in [3.8, 4) is 0 Å². The van der Waals surface area contributed by atoms with Gasteiger partial charge in [0.1, 0.15) is 0 Å². The SMILES string of the molecule is O=C(NCCC1(O)CCC1)NCc1cccc(C(F)(F)F)c1. The molecule has 0 aromatic heterocycles. The number of amides is 2. The van der Waals surface area contributed by atoms with E-state index in [-0.39, 0.29) is 6.54 Å². The fourth-order valence-electron chi connectivity index (χ4n) is 2.35. The Bertz CT molecular complexity index is 528. The molecular formula is C15H19F3N2O2. The van der Waals surface area contributed by atoms with Crippen molar-refractivity contribution in [3.63, 3.8) is 0 Å². The molecule has 0 aliphatic heterocycles. The van der Waals surface area contributed by atoms with Crippen LogP contribution in [0.25, 0.3) is 0 Å². The first-order chi connectivity index (χ1) is 10.3. The standard InChI is InChI=1S/C15H19F3N2O2/c16-15(17,18)12-4-1-3-11(9-12)10-20-13(21)19-8-7-14(22)5-2-6-14/h1,3-4,9,22H,2,5-8,10H2,(H2,19,20,21). The summed E-state index contributed by atoms with van der Waals surface area (Å²) in [6, 6.07) is 4.37. The number of urea groups is 1. The molecule has 2 rings (SSSR count). The second kappa shape index (κ2) is 6.56. The summed E-state index contributed by atoms with van der Waals surface area (Å²) in [4.78, 5) is 11.6. The number of nitrogens with one attached hydrogen (secondary N) is 2. The van der Waals surface area contributed by atoms with E-state index in [2.05, 4.69) is 10.6 Å². The van der Waals surface area contributed by atoms with Gasteiger partial charge in [0, 0.05) is 13.1 Å². The lowest BCUT2D eigenvalue weighted by Gasteiger charge is -2.36. The van der Waals surface area contributed by atoms with E-state index < -0.39 is 23.4 Å². The van der Waals surface area contributed by atoms with Crippen molar-refractivity contribution in [2.24, 2.45) is 0 Å². The maximum absolute atomic E-state index is 12.6. The Morgan fingerprint density at radius 3 is 2.59 bits per heavy atom. The molecule has 1 aliphatic rings. The van der Waals surface area contributed by atoms with Gasteiger partial charge in [-0.1, -0.05) is 12.1 Å². The van der Waals surface area contributed by atoms with Gasteiger partial charge in [0.25, 0.3) is 0 Å². The molecule has 4 nitrogen and oxygen atoms in total. The quantitative estimate of drug-likeness (QED) is 0.782.